The van der Waals surface area contributed by atoms with Gasteiger partial charge in [-0.25, -0.2) is 0 Å². The molecule has 0 aliphatic carbocycles. The Kier molecular flexibility index (Phi) is 2.49. The van der Waals surface area contributed by atoms with Gasteiger partial charge < -0.3 is 9.64 Å². The first-order valence-electron chi connectivity index (χ1n) is 3.55. The molecule has 2 nitrogen and oxygen atoms in total. The molecule has 0 aromatic heterocycles. The van der Waals surface area contributed by atoms with Crippen LogP contribution in [0.3, 0.4) is 0 Å². The largest absolute Gasteiger partial charge is 0.380 e. The molecule has 1 saturated heterocycles. The quantitative estimate of drug-likeness (QED) is 0.517. The Morgan fingerprint density at radius 1 is 1.44 bits per heavy atom. The van der Waals surface area contributed by atoms with Gasteiger partial charge in [-0.3, -0.25) is 0 Å². The Balaban J connectivity index is 2.23. The maximum atomic E-state index is 5.30. The molecule has 0 amide bonds. The maximum Gasteiger partial charge on any atom is 0.0621 e. The summed E-state index contributed by atoms with van der Waals surface area (Å²) in [7, 11) is 4.22. The molecular formula is C7H15NO. The summed E-state index contributed by atoms with van der Waals surface area (Å²) >= 11 is 0. The fraction of sp³-hybridized carbons (Fsp3) is 1.00. The van der Waals surface area contributed by atoms with E-state index in [0.29, 0.717) is 6.04 Å². The highest BCUT2D eigenvalue weighted by atomic mass is 16.5. The van der Waals surface area contributed by atoms with Crippen molar-refractivity contribution in [2.45, 2.75) is 18.9 Å². The average Bonchev–Trinajstić information content (AvgIpc) is 1.90. The molecule has 0 spiro atoms. The van der Waals surface area contributed by atoms with Gasteiger partial charge in [0.2, 0.25) is 0 Å². The van der Waals surface area contributed by atoms with Crippen LogP contribution in [-0.2, 0) is 4.74 Å². The minimum atomic E-state index is 0.666. The van der Waals surface area contributed by atoms with Crippen molar-refractivity contribution in [1.82, 2.24) is 4.90 Å². The Morgan fingerprint density at radius 3 is 2.56 bits per heavy atom. The van der Waals surface area contributed by atoms with E-state index < -0.39 is 0 Å². The van der Waals surface area contributed by atoms with Gasteiger partial charge in [-0.05, 0) is 26.9 Å². The normalized spacial score (nSPS) is 29.0. The number of hydrogen-bond acceptors (Lipinski definition) is 2. The lowest BCUT2D eigenvalue weighted by Crippen LogP contribution is -2.35. The molecule has 0 N–H and O–H groups in total. The Hall–Kier alpha value is -0.0800. The summed E-state index contributed by atoms with van der Waals surface area (Å²) in [5, 5.41) is 0. The number of ether oxygens (including phenoxy) is 1. The van der Waals surface area contributed by atoms with Crippen LogP contribution in [0.25, 0.3) is 0 Å². The third-order valence-corrected chi connectivity index (χ3v) is 1.87. The number of likely N-dealkylation sites (N-methyl/N-ethyl adjacent to an activating group) is 1. The van der Waals surface area contributed by atoms with Gasteiger partial charge in [0.1, 0.15) is 0 Å². The van der Waals surface area contributed by atoms with Crippen molar-refractivity contribution in [3.8, 4) is 0 Å². The molecule has 9 heavy (non-hydrogen) atoms. The summed E-state index contributed by atoms with van der Waals surface area (Å²) in [5.41, 5.74) is 0. The second-order valence-electron chi connectivity index (χ2n) is 2.83. The van der Waals surface area contributed by atoms with Crippen LogP contribution in [-0.4, -0.2) is 38.3 Å². The summed E-state index contributed by atoms with van der Waals surface area (Å²) in [5.74, 6) is 0. The standard InChI is InChI=1S/C7H15NO/c1-8(2)7-4-3-5-9-6-7/h7H,3-6H2,1-2H3. The summed E-state index contributed by atoms with van der Waals surface area (Å²) in [4.78, 5) is 2.24. The second kappa shape index (κ2) is 3.18. The highest BCUT2D eigenvalue weighted by molar-refractivity contribution is 4.68. The van der Waals surface area contributed by atoms with Crippen molar-refractivity contribution in [1.29, 1.82) is 0 Å². The summed E-state index contributed by atoms with van der Waals surface area (Å²) in [6.45, 7) is 1.89. The zero-order valence-electron chi connectivity index (χ0n) is 6.26. The number of nitrogens with zero attached hydrogens (tertiary/aromatic N) is 1. The van der Waals surface area contributed by atoms with Crippen molar-refractivity contribution >= 4 is 0 Å². The molecule has 0 bridgehead atoms. The monoisotopic (exact) mass is 129 g/mol. The SMILES string of the molecule is CN(C)C1CCCOC1. The summed E-state index contributed by atoms with van der Waals surface area (Å²) in [6.07, 6.45) is 2.52. The van der Waals surface area contributed by atoms with Crippen LogP contribution in [0.15, 0.2) is 0 Å². The van der Waals surface area contributed by atoms with Crippen molar-refractivity contribution < 1.29 is 4.74 Å². The lowest BCUT2D eigenvalue weighted by Gasteiger charge is -2.27. The number of hydrogen-bond donors (Lipinski definition) is 0. The predicted octanol–water partition coefficient (Wildman–Crippen LogP) is 0.727. The van der Waals surface area contributed by atoms with Gasteiger partial charge in [-0.2, -0.15) is 0 Å². The molecule has 0 aromatic rings. The third-order valence-electron chi connectivity index (χ3n) is 1.87. The van der Waals surface area contributed by atoms with Gasteiger partial charge >= 0.3 is 0 Å². The smallest absolute Gasteiger partial charge is 0.0621 e. The zero-order chi connectivity index (χ0) is 6.69. The van der Waals surface area contributed by atoms with E-state index in [1.165, 1.54) is 12.8 Å². The first kappa shape index (κ1) is 7.03. The van der Waals surface area contributed by atoms with E-state index in [4.69, 9.17) is 4.74 Å². The van der Waals surface area contributed by atoms with E-state index in [1.807, 2.05) is 0 Å². The highest BCUT2D eigenvalue weighted by Crippen LogP contribution is 2.09. The molecule has 1 unspecified atom stereocenters. The summed E-state index contributed by atoms with van der Waals surface area (Å²) < 4.78 is 5.30. The first-order chi connectivity index (χ1) is 4.30. The van der Waals surface area contributed by atoms with E-state index >= 15 is 0 Å². The Bertz CT molecular complexity index is 77.0. The lowest BCUT2D eigenvalue weighted by atomic mass is 10.1. The van der Waals surface area contributed by atoms with Crippen LogP contribution in [0.4, 0.5) is 0 Å². The molecule has 0 aromatic carbocycles. The average molecular weight is 129 g/mol. The molecule has 1 aliphatic heterocycles. The minimum Gasteiger partial charge on any atom is -0.380 e. The summed E-state index contributed by atoms with van der Waals surface area (Å²) in [6, 6.07) is 0.666. The van der Waals surface area contributed by atoms with Crippen molar-refractivity contribution in [2.75, 3.05) is 27.3 Å². The van der Waals surface area contributed by atoms with Crippen molar-refractivity contribution in [3.05, 3.63) is 0 Å². The van der Waals surface area contributed by atoms with E-state index in [1.54, 1.807) is 0 Å². The fourth-order valence-corrected chi connectivity index (χ4v) is 1.13. The Morgan fingerprint density at radius 2 is 2.22 bits per heavy atom. The molecular weight excluding hydrogens is 114 g/mol. The van der Waals surface area contributed by atoms with Crippen LogP contribution in [0.2, 0.25) is 0 Å². The van der Waals surface area contributed by atoms with Gasteiger partial charge in [0, 0.05) is 12.6 Å². The first-order valence-corrected chi connectivity index (χ1v) is 3.55. The van der Waals surface area contributed by atoms with Gasteiger partial charge in [-0.15, -0.1) is 0 Å². The molecule has 1 atom stereocenters. The van der Waals surface area contributed by atoms with E-state index in [9.17, 15) is 0 Å². The van der Waals surface area contributed by atoms with Crippen molar-refractivity contribution in [2.24, 2.45) is 0 Å². The van der Waals surface area contributed by atoms with E-state index in [2.05, 4.69) is 19.0 Å². The molecule has 2 heteroatoms. The molecule has 54 valence electrons. The van der Waals surface area contributed by atoms with Crippen LogP contribution in [0.1, 0.15) is 12.8 Å². The van der Waals surface area contributed by atoms with Gasteiger partial charge in [0.25, 0.3) is 0 Å². The van der Waals surface area contributed by atoms with E-state index in [0.717, 1.165) is 13.2 Å². The topological polar surface area (TPSA) is 12.5 Å². The zero-order valence-corrected chi connectivity index (χ0v) is 6.26. The minimum absolute atomic E-state index is 0.666. The molecule has 0 saturated carbocycles. The molecule has 1 aliphatic rings. The van der Waals surface area contributed by atoms with Gasteiger partial charge in [0.15, 0.2) is 0 Å². The van der Waals surface area contributed by atoms with Crippen LogP contribution < -0.4 is 0 Å². The third kappa shape index (κ3) is 1.95. The second-order valence-corrected chi connectivity index (χ2v) is 2.83. The fourth-order valence-electron chi connectivity index (χ4n) is 1.13. The van der Waals surface area contributed by atoms with Crippen molar-refractivity contribution in [3.63, 3.8) is 0 Å². The van der Waals surface area contributed by atoms with Crippen LogP contribution in [0.5, 0.6) is 0 Å². The van der Waals surface area contributed by atoms with Gasteiger partial charge in [-0.1, -0.05) is 0 Å². The van der Waals surface area contributed by atoms with Gasteiger partial charge in [0.05, 0.1) is 6.61 Å². The Labute approximate surface area is 56.8 Å². The van der Waals surface area contributed by atoms with E-state index in [-0.39, 0.29) is 0 Å². The van der Waals surface area contributed by atoms with Crippen LogP contribution in [0, 0.1) is 0 Å². The lowest BCUT2D eigenvalue weighted by molar-refractivity contribution is 0.0363. The molecule has 1 heterocycles. The number of rotatable bonds is 1. The van der Waals surface area contributed by atoms with Crippen LogP contribution >= 0.6 is 0 Å². The molecule has 1 fully saturated rings. The molecule has 1 rings (SSSR count). The highest BCUT2D eigenvalue weighted by Gasteiger charge is 2.14. The maximum absolute atomic E-state index is 5.30. The predicted molar refractivity (Wildman–Crippen MR) is 37.5 cm³/mol. The molecule has 0 radical (unpaired) electrons.